The smallest absolute Gasteiger partial charge is 0.352 e. The van der Waals surface area contributed by atoms with E-state index in [1.807, 2.05) is 0 Å². The van der Waals surface area contributed by atoms with E-state index in [0.29, 0.717) is 4.47 Å². The van der Waals surface area contributed by atoms with Crippen molar-refractivity contribution < 1.29 is 22.4 Å². The van der Waals surface area contributed by atoms with Crippen molar-refractivity contribution in [3.05, 3.63) is 34.1 Å². The van der Waals surface area contributed by atoms with Crippen LogP contribution in [0.2, 0.25) is 0 Å². The SMILES string of the molecule is O=C(NCCCC(F)(F)F)c1cc(F)ccc1Br. The van der Waals surface area contributed by atoms with Crippen molar-refractivity contribution in [2.24, 2.45) is 0 Å². The molecule has 0 radical (unpaired) electrons. The van der Waals surface area contributed by atoms with Gasteiger partial charge in [0.25, 0.3) is 5.91 Å². The normalized spacial score (nSPS) is 11.4. The monoisotopic (exact) mass is 327 g/mol. The van der Waals surface area contributed by atoms with Crippen molar-refractivity contribution in [2.75, 3.05) is 6.54 Å². The molecule has 0 spiro atoms. The number of carbonyl (C=O) groups is 1. The van der Waals surface area contributed by atoms with Gasteiger partial charge in [-0.25, -0.2) is 4.39 Å². The number of benzene rings is 1. The molecule has 0 aliphatic carbocycles. The van der Waals surface area contributed by atoms with Gasteiger partial charge in [0.05, 0.1) is 5.56 Å². The maximum Gasteiger partial charge on any atom is 0.389 e. The molecule has 1 rings (SSSR count). The topological polar surface area (TPSA) is 29.1 Å². The molecule has 100 valence electrons. The molecule has 0 saturated heterocycles. The Morgan fingerprint density at radius 2 is 2.00 bits per heavy atom. The van der Waals surface area contributed by atoms with Crippen molar-refractivity contribution in [1.82, 2.24) is 5.32 Å². The first-order valence-corrected chi connectivity index (χ1v) is 5.89. The van der Waals surface area contributed by atoms with Crippen LogP contribution in [-0.2, 0) is 0 Å². The summed E-state index contributed by atoms with van der Waals surface area (Å²) >= 11 is 3.06. The third-order valence-corrected chi connectivity index (χ3v) is 2.79. The zero-order valence-electron chi connectivity index (χ0n) is 9.15. The summed E-state index contributed by atoms with van der Waals surface area (Å²) in [7, 11) is 0. The van der Waals surface area contributed by atoms with Gasteiger partial charge in [0.15, 0.2) is 0 Å². The molecule has 0 saturated carbocycles. The van der Waals surface area contributed by atoms with E-state index >= 15 is 0 Å². The lowest BCUT2D eigenvalue weighted by Crippen LogP contribution is -2.26. The Hall–Kier alpha value is -1.11. The lowest BCUT2D eigenvalue weighted by atomic mass is 10.2. The van der Waals surface area contributed by atoms with Crippen LogP contribution in [0.25, 0.3) is 0 Å². The van der Waals surface area contributed by atoms with Gasteiger partial charge in [-0.3, -0.25) is 4.79 Å². The molecule has 0 atom stereocenters. The maximum atomic E-state index is 12.9. The minimum atomic E-state index is -4.23. The third-order valence-electron chi connectivity index (χ3n) is 2.10. The fourth-order valence-corrected chi connectivity index (χ4v) is 1.68. The molecule has 0 aromatic heterocycles. The van der Waals surface area contributed by atoms with Crippen LogP contribution < -0.4 is 5.32 Å². The molecule has 0 bridgehead atoms. The van der Waals surface area contributed by atoms with Crippen LogP contribution in [-0.4, -0.2) is 18.6 Å². The summed E-state index contributed by atoms with van der Waals surface area (Å²) < 4.78 is 48.8. The van der Waals surface area contributed by atoms with E-state index in [0.717, 1.165) is 6.07 Å². The first kappa shape index (κ1) is 14.9. The van der Waals surface area contributed by atoms with Crippen molar-refractivity contribution in [2.45, 2.75) is 19.0 Å². The zero-order valence-corrected chi connectivity index (χ0v) is 10.7. The predicted octanol–water partition coefficient (Wildman–Crippen LogP) is 3.66. The Labute approximate surface area is 109 Å². The van der Waals surface area contributed by atoms with Crippen LogP contribution in [0, 0.1) is 5.82 Å². The van der Waals surface area contributed by atoms with Crippen LogP contribution in [0.4, 0.5) is 17.6 Å². The molecule has 2 nitrogen and oxygen atoms in total. The van der Waals surface area contributed by atoms with E-state index in [1.165, 1.54) is 12.1 Å². The second-order valence-corrected chi connectivity index (χ2v) is 4.45. The van der Waals surface area contributed by atoms with Gasteiger partial charge in [0.1, 0.15) is 5.82 Å². The minimum Gasteiger partial charge on any atom is -0.352 e. The molecule has 1 amide bonds. The summed E-state index contributed by atoms with van der Waals surface area (Å²) in [4.78, 5) is 11.6. The van der Waals surface area contributed by atoms with Gasteiger partial charge in [0.2, 0.25) is 0 Å². The van der Waals surface area contributed by atoms with Crippen LogP contribution in [0.3, 0.4) is 0 Å². The summed E-state index contributed by atoms with van der Waals surface area (Å²) in [6, 6.07) is 3.55. The van der Waals surface area contributed by atoms with E-state index in [1.54, 1.807) is 0 Å². The van der Waals surface area contributed by atoms with E-state index in [9.17, 15) is 22.4 Å². The molecule has 0 aliphatic rings. The van der Waals surface area contributed by atoms with E-state index in [-0.39, 0.29) is 18.5 Å². The van der Waals surface area contributed by atoms with E-state index in [4.69, 9.17) is 0 Å². The quantitative estimate of drug-likeness (QED) is 0.663. The van der Waals surface area contributed by atoms with Gasteiger partial charge in [0, 0.05) is 17.4 Å². The molecule has 1 aromatic rings. The largest absolute Gasteiger partial charge is 0.389 e. The number of hydrogen-bond donors (Lipinski definition) is 1. The molecule has 18 heavy (non-hydrogen) atoms. The second-order valence-electron chi connectivity index (χ2n) is 3.60. The number of carbonyl (C=O) groups excluding carboxylic acids is 1. The second kappa shape index (κ2) is 6.17. The highest BCUT2D eigenvalue weighted by molar-refractivity contribution is 9.10. The summed E-state index contributed by atoms with van der Waals surface area (Å²) in [6.45, 7) is -0.110. The van der Waals surface area contributed by atoms with E-state index < -0.39 is 24.3 Å². The molecular weight excluding hydrogens is 318 g/mol. The lowest BCUT2D eigenvalue weighted by Gasteiger charge is -2.08. The average molecular weight is 328 g/mol. The Bertz CT molecular complexity index is 434. The Balaban J connectivity index is 2.48. The molecule has 1 aromatic carbocycles. The first-order valence-electron chi connectivity index (χ1n) is 5.09. The van der Waals surface area contributed by atoms with Gasteiger partial charge in [-0.1, -0.05) is 0 Å². The molecule has 0 fully saturated rings. The van der Waals surface area contributed by atoms with Crippen LogP contribution >= 0.6 is 15.9 Å². The number of hydrogen-bond acceptors (Lipinski definition) is 1. The van der Waals surface area contributed by atoms with Crippen LogP contribution in [0.5, 0.6) is 0 Å². The van der Waals surface area contributed by atoms with Gasteiger partial charge in [-0.15, -0.1) is 0 Å². The number of alkyl halides is 3. The van der Waals surface area contributed by atoms with Gasteiger partial charge < -0.3 is 5.32 Å². The van der Waals surface area contributed by atoms with Gasteiger partial charge >= 0.3 is 6.18 Å². The highest BCUT2D eigenvalue weighted by atomic mass is 79.9. The van der Waals surface area contributed by atoms with Crippen LogP contribution in [0.1, 0.15) is 23.2 Å². The Morgan fingerprint density at radius 1 is 1.33 bits per heavy atom. The number of nitrogens with one attached hydrogen (secondary N) is 1. The standard InChI is InChI=1S/C11H10BrF4NO/c12-9-3-2-7(13)6-8(9)10(18)17-5-1-4-11(14,15)16/h2-3,6H,1,4-5H2,(H,17,18). The zero-order chi connectivity index (χ0) is 13.8. The van der Waals surface area contributed by atoms with Crippen molar-refractivity contribution in [3.63, 3.8) is 0 Å². The van der Waals surface area contributed by atoms with Gasteiger partial charge in [-0.2, -0.15) is 13.2 Å². The maximum absolute atomic E-state index is 12.9. The Kier molecular flexibility index (Phi) is 5.13. The molecule has 0 heterocycles. The molecular formula is C11H10BrF4NO. The third kappa shape index (κ3) is 5.03. The lowest BCUT2D eigenvalue weighted by molar-refractivity contribution is -0.135. The minimum absolute atomic E-state index is 0.0574. The summed E-state index contributed by atoms with van der Waals surface area (Å²) in [5.41, 5.74) is 0.0574. The van der Waals surface area contributed by atoms with Gasteiger partial charge in [-0.05, 0) is 40.5 Å². The fourth-order valence-electron chi connectivity index (χ4n) is 1.26. The average Bonchev–Trinajstić information content (AvgIpc) is 2.26. The van der Waals surface area contributed by atoms with E-state index in [2.05, 4.69) is 21.2 Å². The van der Waals surface area contributed by atoms with Crippen molar-refractivity contribution >= 4 is 21.8 Å². The number of halogens is 5. The molecule has 0 aliphatic heterocycles. The molecule has 7 heteroatoms. The molecule has 1 N–H and O–H groups in total. The van der Waals surface area contributed by atoms with Crippen molar-refractivity contribution in [3.8, 4) is 0 Å². The highest BCUT2D eigenvalue weighted by Gasteiger charge is 2.26. The van der Waals surface area contributed by atoms with Crippen LogP contribution in [0.15, 0.2) is 22.7 Å². The predicted molar refractivity (Wildman–Crippen MR) is 61.7 cm³/mol. The first-order chi connectivity index (χ1) is 8.29. The summed E-state index contributed by atoms with van der Waals surface area (Å²) in [5, 5.41) is 2.30. The Morgan fingerprint density at radius 3 is 2.61 bits per heavy atom. The van der Waals surface area contributed by atoms with Crippen molar-refractivity contribution in [1.29, 1.82) is 0 Å². The summed E-state index contributed by atoms with van der Waals surface area (Å²) in [6.07, 6.45) is -5.40. The fraction of sp³-hybridized carbons (Fsp3) is 0.364. The number of rotatable bonds is 4. The summed E-state index contributed by atoms with van der Waals surface area (Å²) in [5.74, 6) is -1.19. The molecule has 0 unspecified atom stereocenters. The number of amides is 1. The highest BCUT2D eigenvalue weighted by Crippen LogP contribution is 2.21.